The summed E-state index contributed by atoms with van der Waals surface area (Å²) in [6, 6.07) is 9.96. The van der Waals surface area contributed by atoms with Gasteiger partial charge in [0.05, 0.1) is 10.4 Å². The summed E-state index contributed by atoms with van der Waals surface area (Å²) in [6.45, 7) is 7.38. The molecule has 0 spiro atoms. The first-order valence-electron chi connectivity index (χ1n) is 8.72. The van der Waals surface area contributed by atoms with Crippen LogP contribution in [-0.4, -0.2) is 41.4 Å². The van der Waals surface area contributed by atoms with E-state index in [1.54, 1.807) is 41.3 Å². The lowest BCUT2D eigenvalue weighted by Gasteiger charge is -2.30. The maximum Gasteiger partial charge on any atom is 0.338 e. The lowest BCUT2D eigenvalue weighted by Crippen LogP contribution is -2.44. The molecule has 0 saturated carbocycles. The number of carbonyl (C=O) groups excluding carboxylic acids is 3. The third kappa shape index (κ3) is 5.65. The van der Waals surface area contributed by atoms with Gasteiger partial charge in [-0.15, -0.1) is 11.3 Å². The number of hydrogen-bond acceptors (Lipinski definition) is 5. The highest BCUT2D eigenvalue weighted by molar-refractivity contribution is 7.12. The summed E-state index contributed by atoms with van der Waals surface area (Å²) in [4.78, 5) is 38.7. The van der Waals surface area contributed by atoms with Crippen molar-refractivity contribution < 1.29 is 19.1 Å². The van der Waals surface area contributed by atoms with E-state index in [0.29, 0.717) is 16.1 Å². The number of thiophene rings is 1. The van der Waals surface area contributed by atoms with Gasteiger partial charge < -0.3 is 15.0 Å². The Morgan fingerprint density at radius 1 is 1.04 bits per heavy atom. The molecule has 1 N–H and O–H groups in total. The number of carbonyl (C=O) groups is 3. The van der Waals surface area contributed by atoms with E-state index in [0.717, 1.165) is 0 Å². The van der Waals surface area contributed by atoms with Crippen LogP contribution >= 0.6 is 11.3 Å². The normalized spacial score (nSPS) is 10.7. The van der Waals surface area contributed by atoms with Crippen LogP contribution in [0.15, 0.2) is 41.8 Å². The quantitative estimate of drug-likeness (QED) is 0.732. The van der Waals surface area contributed by atoms with Gasteiger partial charge >= 0.3 is 5.97 Å². The van der Waals surface area contributed by atoms with Crippen molar-refractivity contribution in [2.45, 2.75) is 39.8 Å². The molecule has 1 aromatic heterocycles. The number of benzene rings is 1. The minimum absolute atomic E-state index is 0.0300. The number of ether oxygens (including phenoxy) is 1. The van der Waals surface area contributed by atoms with Crippen molar-refractivity contribution in [2.24, 2.45) is 0 Å². The molecule has 0 aliphatic heterocycles. The second-order valence-electron chi connectivity index (χ2n) is 6.57. The minimum atomic E-state index is -0.577. The van der Waals surface area contributed by atoms with Gasteiger partial charge in [0.1, 0.15) is 0 Å². The highest BCUT2D eigenvalue weighted by Gasteiger charge is 2.21. The standard InChI is InChI=1S/C20H24N2O4S/c1-13(2)22(14(3)4)18(23)12-26-20(25)15-7-9-16(10-8-15)21-19(24)17-6-5-11-27-17/h5-11,13-14H,12H2,1-4H3,(H,21,24). The zero-order chi connectivity index (χ0) is 20.0. The Balaban J connectivity index is 1.91. The van der Waals surface area contributed by atoms with Crippen LogP contribution in [-0.2, 0) is 9.53 Å². The predicted octanol–water partition coefficient (Wildman–Crippen LogP) is 3.80. The van der Waals surface area contributed by atoms with Crippen molar-refractivity contribution >= 4 is 34.8 Å². The molecule has 0 bridgehead atoms. The molecule has 6 nitrogen and oxygen atoms in total. The molecule has 1 aromatic carbocycles. The average Bonchev–Trinajstić information content (AvgIpc) is 3.14. The summed E-state index contributed by atoms with van der Waals surface area (Å²) in [7, 11) is 0. The van der Waals surface area contributed by atoms with Gasteiger partial charge in [0.2, 0.25) is 0 Å². The van der Waals surface area contributed by atoms with Gasteiger partial charge in [-0.1, -0.05) is 6.07 Å². The molecule has 2 rings (SSSR count). The van der Waals surface area contributed by atoms with Crippen LogP contribution in [0.25, 0.3) is 0 Å². The highest BCUT2D eigenvalue weighted by atomic mass is 32.1. The molecule has 0 radical (unpaired) electrons. The van der Waals surface area contributed by atoms with E-state index in [1.807, 2.05) is 33.1 Å². The van der Waals surface area contributed by atoms with Crippen LogP contribution in [0.1, 0.15) is 47.7 Å². The maximum absolute atomic E-state index is 12.3. The van der Waals surface area contributed by atoms with Crippen molar-refractivity contribution in [3.8, 4) is 0 Å². The van der Waals surface area contributed by atoms with Gasteiger partial charge in [-0.05, 0) is 63.4 Å². The van der Waals surface area contributed by atoms with Gasteiger partial charge in [-0.2, -0.15) is 0 Å². The second kappa shape index (κ2) is 9.32. The summed E-state index contributed by atoms with van der Waals surface area (Å²) >= 11 is 1.35. The van der Waals surface area contributed by atoms with E-state index in [2.05, 4.69) is 5.32 Å². The average molecular weight is 388 g/mol. The smallest absolute Gasteiger partial charge is 0.338 e. The number of nitrogens with zero attached hydrogens (tertiary/aromatic N) is 1. The van der Waals surface area contributed by atoms with Crippen molar-refractivity contribution in [2.75, 3.05) is 11.9 Å². The third-order valence-corrected chi connectivity index (χ3v) is 4.72. The zero-order valence-corrected chi connectivity index (χ0v) is 16.7. The molecule has 1 heterocycles. The molecule has 27 heavy (non-hydrogen) atoms. The fourth-order valence-corrected chi connectivity index (χ4v) is 3.37. The maximum atomic E-state index is 12.3. The number of rotatable bonds is 7. The third-order valence-electron chi connectivity index (χ3n) is 3.85. The van der Waals surface area contributed by atoms with E-state index >= 15 is 0 Å². The number of hydrogen-bond donors (Lipinski definition) is 1. The van der Waals surface area contributed by atoms with E-state index in [1.165, 1.54) is 11.3 Å². The molecule has 0 saturated heterocycles. The molecule has 2 amide bonds. The van der Waals surface area contributed by atoms with Crippen molar-refractivity contribution in [1.82, 2.24) is 4.90 Å². The number of anilines is 1. The molecule has 0 unspecified atom stereocenters. The first-order chi connectivity index (χ1) is 12.8. The van der Waals surface area contributed by atoms with Crippen molar-refractivity contribution in [3.63, 3.8) is 0 Å². The number of amides is 2. The van der Waals surface area contributed by atoms with Gasteiger partial charge in [-0.3, -0.25) is 9.59 Å². The van der Waals surface area contributed by atoms with Crippen LogP contribution in [0.5, 0.6) is 0 Å². The molecule has 0 aliphatic rings. The fraction of sp³-hybridized carbons (Fsp3) is 0.350. The van der Waals surface area contributed by atoms with Crippen LogP contribution in [0.2, 0.25) is 0 Å². The summed E-state index contributed by atoms with van der Waals surface area (Å²) in [5, 5.41) is 4.59. The van der Waals surface area contributed by atoms with Crippen LogP contribution in [0.4, 0.5) is 5.69 Å². The Morgan fingerprint density at radius 2 is 1.67 bits per heavy atom. The van der Waals surface area contributed by atoms with Crippen LogP contribution in [0.3, 0.4) is 0 Å². The number of nitrogens with one attached hydrogen (secondary N) is 1. The highest BCUT2D eigenvalue weighted by Crippen LogP contribution is 2.15. The Kier molecular flexibility index (Phi) is 7.12. The molecular formula is C20H24N2O4S. The molecular weight excluding hydrogens is 364 g/mol. The molecule has 144 valence electrons. The van der Waals surface area contributed by atoms with Crippen LogP contribution in [0, 0.1) is 0 Å². The summed E-state index contributed by atoms with van der Waals surface area (Å²) in [6.07, 6.45) is 0. The van der Waals surface area contributed by atoms with Crippen LogP contribution < -0.4 is 5.32 Å². The summed E-state index contributed by atoms with van der Waals surface area (Å²) in [5.41, 5.74) is 0.893. The first-order valence-corrected chi connectivity index (χ1v) is 9.60. The van der Waals surface area contributed by atoms with E-state index in [9.17, 15) is 14.4 Å². The molecule has 0 aliphatic carbocycles. The topological polar surface area (TPSA) is 75.7 Å². The Labute approximate surface area is 163 Å². The summed E-state index contributed by atoms with van der Waals surface area (Å²) in [5.74, 6) is -1.01. The monoisotopic (exact) mass is 388 g/mol. The Hall–Kier alpha value is -2.67. The molecule has 0 atom stereocenters. The van der Waals surface area contributed by atoms with Crippen molar-refractivity contribution in [3.05, 3.63) is 52.2 Å². The fourth-order valence-electron chi connectivity index (χ4n) is 2.75. The van der Waals surface area contributed by atoms with Gasteiger partial charge in [0.25, 0.3) is 11.8 Å². The van der Waals surface area contributed by atoms with E-state index in [4.69, 9.17) is 4.74 Å². The Morgan fingerprint density at radius 3 is 2.19 bits per heavy atom. The second-order valence-corrected chi connectivity index (χ2v) is 7.52. The van der Waals surface area contributed by atoms with Gasteiger partial charge in [0.15, 0.2) is 6.61 Å². The number of esters is 1. The van der Waals surface area contributed by atoms with Gasteiger partial charge in [0, 0.05) is 17.8 Å². The predicted molar refractivity (Wildman–Crippen MR) is 106 cm³/mol. The largest absolute Gasteiger partial charge is 0.452 e. The van der Waals surface area contributed by atoms with E-state index in [-0.39, 0.29) is 30.5 Å². The molecule has 2 aromatic rings. The van der Waals surface area contributed by atoms with Gasteiger partial charge in [-0.25, -0.2) is 4.79 Å². The first kappa shape index (κ1) is 20.6. The minimum Gasteiger partial charge on any atom is -0.452 e. The molecule has 0 fully saturated rings. The zero-order valence-electron chi connectivity index (χ0n) is 15.9. The molecule has 7 heteroatoms. The Bertz CT molecular complexity index is 775. The lowest BCUT2D eigenvalue weighted by molar-refractivity contribution is -0.138. The van der Waals surface area contributed by atoms with E-state index < -0.39 is 5.97 Å². The SMILES string of the molecule is CC(C)N(C(=O)COC(=O)c1ccc(NC(=O)c2cccs2)cc1)C(C)C. The van der Waals surface area contributed by atoms with Crippen molar-refractivity contribution in [1.29, 1.82) is 0 Å². The summed E-state index contributed by atoms with van der Waals surface area (Å²) < 4.78 is 5.14. The lowest BCUT2D eigenvalue weighted by atomic mass is 10.2.